The summed E-state index contributed by atoms with van der Waals surface area (Å²) in [4.78, 5) is 3.99. The van der Waals surface area contributed by atoms with Gasteiger partial charge >= 0.3 is 0 Å². The summed E-state index contributed by atoms with van der Waals surface area (Å²) in [6, 6.07) is 1.66. The third kappa shape index (κ3) is 2.26. The third-order valence-corrected chi connectivity index (χ3v) is 1.81. The average molecular weight is 208 g/mol. The Bertz CT molecular complexity index is 253. The summed E-state index contributed by atoms with van der Waals surface area (Å²) in [6.45, 7) is 0. The van der Waals surface area contributed by atoms with Gasteiger partial charge in [-0.2, -0.15) is 0 Å². The van der Waals surface area contributed by atoms with E-state index in [9.17, 15) is 0 Å². The highest BCUT2D eigenvalue weighted by Crippen LogP contribution is 2.27. The molecule has 0 saturated heterocycles. The Hall–Kier alpha value is -0.470. The van der Waals surface area contributed by atoms with Gasteiger partial charge in [-0.05, 0) is 6.07 Å². The zero-order chi connectivity index (χ0) is 8.27. The van der Waals surface area contributed by atoms with E-state index in [2.05, 4.69) is 4.98 Å². The van der Waals surface area contributed by atoms with Crippen molar-refractivity contribution in [3.05, 3.63) is 23.0 Å². The van der Waals surface area contributed by atoms with Crippen molar-refractivity contribution in [2.45, 2.75) is 13.3 Å². The Labute approximate surface area is 82.5 Å². The monoisotopic (exact) mass is 207 g/mol. The molecule has 68 valence electrons. The second-order valence-corrected chi connectivity index (χ2v) is 2.58. The molecule has 12 heavy (non-hydrogen) atoms. The maximum atomic E-state index is 5.78. The van der Waals surface area contributed by atoms with Gasteiger partial charge in [-0.1, -0.05) is 19.0 Å². The zero-order valence-corrected chi connectivity index (χ0v) is 7.49. The average Bonchev–Trinajstić information content (AvgIpc) is 2.04. The molecule has 2 nitrogen and oxygen atoms in total. The summed E-state index contributed by atoms with van der Waals surface area (Å²) in [7, 11) is 1.54. The molecule has 1 aromatic heterocycles. The maximum Gasteiger partial charge on any atom is 0.160 e. The fraction of sp³-hybridized carbons (Fsp3) is 0.375. The molecule has 0 bridgehead atoms. The first kappa shape index (κ1) is 11.5. The number of alkyl halides is 1. The molecule has 1 rings (SSSR count). The van der Waals surface area contributed by atoms with Gasteiger partial charge in [0.1, 0.15) is 0 Å². The normalized spacial score (nSPS) is 8.92. The molecular weight excluding hydrogens is 197 g/mol. The van der Waals surface area contributed by atoms with Gasteiger partial charge in [0.2, 0.25) is 0 Å². The maximum absolute atomic E-state index is 5.78. The van der Waals surface area contributed by atoms with Crippen LogP contribution in [-0.4, -0.2) is 12.1 Å². The molecule has 0 saturated carbocycles. The van der Waals surface area contributed by atoms with Crippen LogP contribution < -0.4 is 4.74 Å². The van der Waals surface area contributed by atoms with Crippen LogP contribution in [0, 0.1) is 0 Å². The molecule has 0 fully saturated rings. The quantitative estimate of drug-likeness (QED) is 0.696. The van der Waals surface area contributed by atoms with Crippen LogP contribution in [0.4, 0.5) is 0 Å². The van der Waals surface area contributed by atoms with E-state index < -0.39 is 0 Å². The second kappa shape index (κ2) is 5.22. The fourth-order valence-electron chi connectivity index (χ4n) is 0.775. The number of rotatable bonds is 2. The lowest BCUT2D eigenvalue weighted by atomic mass is 10.3. The molecule has 4 heteroatoms. The van der Waals surface area contributed by atoms with Crippen LogP contribution in [0.2, 0.25) is 5.02 Å². The molecule has 0 atom stereocenters. The van der Waals surface area contributed by atoms with Crippen molar-refractivity contribution in [3.63, 3.8) is 0 Å². The van der Waals surface area contributed by atoms with Crippen molar-refractivity contribution < 1.29 is 4.74 Å². The predicted octanol–water partition coefficient (Wildman–Crippen LogP) is 3.12. The largest absolute Gasteiger partial charge is 0.493 e. The van der Waals surface area contributed by atoms with Crippen molar-refractivity contribution in [1.29, 1.82) is 0 Å². The van der Waals surface area contributed by atoms with Gasteiger partial charge in [-0.25, -0.2) is 0 Å². The number of ether oxygens (including phenoxy) is 1. The second-order valence-electron chi connectivity index (χ2n) is 1.91. The minimum absolute atomic E-state index is 0. The first-order chi connectivity index (χ1) is 5.29. The summed E-state index contributed by atoms with van der Waals surface area (Å²) >= 11 is 11.4. The number of nitrogens with zero attached hydrogens (tertiary/aromatic N) is 1. The van der Waals surface area contributed by atoms with E-state index in [4.69, 9.17) is 27.9 Å². The molecule has 0 N–H and O–H groups in total. The van der Waals surface area contributed by atoms with Crippen molar-refractivity contribution >= 4 is 23.2 Å². The summed E-state index contributed by atoms with van der Waals surface area (Å²) in [5, 5.41) is 0.540. The van der Waals surface area contributed by atoms with Gasteiger partial charge < -0.3 is 4.74 Å². The van der Waals surface area contributed by atoms with Gasteiger partial charge in [0.25, 0.3) is 0 Å². The SMILES string of the molecule is C.COc1c(Cl)ccnc1CCl. The number of hydrogen-bond acceptors (Lipinski definition) is 2. The van der Waals surface area contributed by atoms with Crippen molar-refractivity contribution in [2.24, 2.45) is 0 Å². The molecule has 0 aliphatic heterocycles. The molecule has 0 spiro atoms. The summed E-state index contributed by atoms with van der Waals surface area (Å²) in [5.41, 5.74) is 0.668. The molecule has 0 aliphatic rings. The van der Waals surface area contributed by atoms with Crippen LogP contribution in [0.25, 0.3) is 0 Å². The third-order valence-electron chi connectivity index (χ3n) is 1.26. The predicted molar refractivity (Wildman–Crippen MR) is 52.1 cm³/mol. The molecule has 0 aliphatic carbocycles. The van der Waals surface area contributed by atoms with E-state index in [1.165, 1.54) is 0 Å². The standard InChI is InChI=1S/C7H7Cl2NO.CH4/c1-11-7-5(9)2-3-10-6(7)4-8;/h2-3H,4H2,1H3;1H4. The molecule has 0 amide bonds. The van der Waals surface area contributed by atoms with Crippen molar-refractivity contribution in [3.8, 4) is 5.75 Å². The van der Waals surface area contributed by atoms with Gasteiger partial charge in [-0.15, -0.1) is 11.6 Å². The Morgan fingerprint density at radius 1 is 1.58 bits per heavy atom. The summed E-state index contributed by atoms with van der Waals surface area (Å²) in [6.07, 6.45) is 1.60. The molecule has 0 radical (unpaired) electrons. The molecule has 1 heterocycles. The van der Waals surface area contributed by atoms with E-state index in [1.54, 1.807) is 19.4 Å². The highest BCUT2D eigenvalue weighted by Gasteiger charge is 2.06. The van der Waals surface area contributed by atoms with Gasteiger partial charge in [0.15, 0.2) is 5.75 Å². The molecule has 0 aromatic carbocycles. The summed E-state index contributed by atoms with van der Waals surface area (Å²) < 4.78 is 4.99. The zero-order valence-electron chi connectivity index (χ0n) is 5.97. The first-order valence-corrected chi connectivity index (χ1v) is 3.94. The van der Waals surface area contributed by atoms with Crippen molar-refractivity contribution in [1.82, 2.24) is 4.98 Å². The van der Waals surface area contributed by atoms with Crippen LogP contribution >= 0.6 is 23.2 Å². The van der Waals surface area contributed by atoms with Crippen LogP contribution in [0.3, 0.4) is 0 Å². The molecule has 1 aromatic rings. The van der Waals surface area contributed by atoms with E-state index >= 15 is 0 Å². The highest BCUT2D eigenvalue weighted by atomic mass is 35.5. The van der Waals surface area contributed by atoms with Gasteiger partial charge in [0.05, 0.1) is 23.7 Å². The minimum atomic E-state index is 0. The van der Waals surface area contributed by atoms with Gasteiger partial charge in [0, 0.05) is 6.20 Å². The lowest BCUT2D eigenvalue weighted by molar-refractivity contribution is 0.409. The Kier molecular flexibility index (Phi) is 5.02. The topological polar surface area (TPSA) is 22.1 Å². The number of pyridine rings is 1. The molecular formula is C8H11Cl2NO. The van der Waals surface area contributed by atoms with E-state index in [0.29, 0.717) is 22.3 Å². The van der Waals surface area contributed by atoms with Crippen molar-refractivity contribution in [2.75, 3.05) is 7.11 Å². The van der Waals surface area contributed by atoms with E-state index in [1.807, 2.05) is 0 Å². The minimum Gasteiger partial charge on any atom is -0.493 e. The molecule has 0 unspecified atom stereocenters. The fourth-order valence-corrected chi connectivity index (χ4v) is 1.21. The van der Waals surface area contributed by atoms with Crippen LogP contribution in [0.15, 0.2) is 12.3 Å². The first-order valence-electron chi connectivity index (χ1n) is 3.03. The number of halogens is 2. The number of methoxy groups -OCH3 is 1. The summed E-state index contributed by atoms with van der Waals surface area (Å²) in [5.74, 6) is 0.869. The van der Waals surface area contributed by atoms with E-state index in [0.717, 1.165) is 0 Å². The van der Waals surface area contributed by atoms with Crippen LogP contribution in [0.5, 0.6) is 5.75 Å². The smallest absolute Gasteiger partial charge is 0.160 e. The van der Waals surface area contributed by atoms with E-state index in [-0.39, 0.29) is 7.43 Å². The lowest BCUT2D eigenvalue weighted by Crippen LogP contribution is -1.92. The highest BCUT2D eigenvalue weighted by molar-refractivity contribution is 6.32. The Morgan fingerprint density at radius 3 is 2.67 bits per heavy atom. The van der Waals surface area contributed by atoms with Crippen LogP contribution in [0.1, 0.15) is 13.1 Å². The van der Waals surface area contributed by atoms with Crippen LogP contribution in [-0.2, 0) is 5.88 Å². The number of hydrogen-bond donors (Lipinski definition) is 0. The Morgan fingerprint density at radius 2 is 2.25 bits per heavy atom. The lowest BCUT2D eigenvalue weighted by Gasteiger charge is -2.05. The Balaban J connectivity index is 0.00000121. The van der Waals surface area contributed by atoms with Gasteiger partial charge in [-0.3, -0.25) is 4.98 Å². The number of aromatic nitrogens is 1.